The molecule has 0 saturated heterocycles. The molecule has 2 aromatic rings. The highest BCUT2D eigenvalue weighted by molar-refractivity contribution is 5.40. The van der Waals surface area contributed by atoms with Gasteiger partial charge < -0.3 is 4.74 Å². The minimum atomic E-state index is -0.420. The zero-order valence-corrected chi connectivity index (χ0v) is 9.93. The molecular formula is C13H14FN3O. The second-order valence-corrected chi connectivity index (χ2v) is 3.74. The summed E-state index contributed by atoms with van der Waals surface area (Å²) in [5.74, 6) is 5.76. The molecule has 0 fully saturated rings. The van der Waals surface area contributed by atoms with Crippen molar-refractivity contribution in [1.29, 1.82) is 0 Å². The van der Waals surface area contributed by atoms with Crippen LogP contribution in [-0.2, 0) is 0 Å². The third-order valence-corrected chi connectivity index (χ3v) is 2.65. The van der Waals surface area contributed by atoms with E-state index in [0.717, 1.165) is 0 Å². The van der Waals surface area contributed by atoms with Crippen LogP contribution >= 0.6 is 0 Å². The summed E-state index contributed by atoms with van der Waals surface area (Å²) >= 11 is 0. The molecule has 3 N–H and O–H groups in total. The lowest BCUT2D eigenvalue weighted by Crippen LogP contribution is -2.29. The smallest absolute Gasteiger partial charge is 0.124 e. The molecule has 0 aliphatic rings. The summed E-state index contributed by atoms with van der Waals surface area (Å²) in [4.78, 5) is 4.21. The first-order chi connectivity index (χ1) is 8.76. The molecular weight excluding hydrogens is 233 g/mol. The molecule has 1 atom stereocenters. The van der Waals surface area contributed by atoms with Gasteiger partial charge in [0, 0.05) is 11.8 Å². The quantitative estimate of drug-likeness (QED) is 0.638. The number of pyridine rings is 1. The van der Waals surface area contributed by atoms with Crippen LogP contribution in [0, 0.1) is 5.82 Å². The van der Waals surface area contributed by atoms with Gasteiger partial charge in [-0.15, -0.1) is 0 Å². The molecule has 1 unspecified atom stereocenters. The van der Waals surface area contributed by atoms with E-state index in [4.69, 9.17) is 10.6 Å². The molecule has 18 heavy (non-hydrogen) atoms. The Kier molecular flexibility index (Phi) is 3.86. The summed E-state index contributed by atoms with van der Waals surface area (Å²) < 4.78 is 18.6. The lowest BCUT2D eigenvalue weighted by Gasteiger charge is -2.18. The van der Waals surface area contributed by atoms with Gasteiger partial charge in [0.15, 0.2) is 0 Å². The minimum Gasteiger partial charge on any atom is -0.496 e. The van der Waals surface area contributed by atoms with Crippen molar-refractivity contribution in [2.24, 2.45) is 5.84 Å². The number of aromatic nitrogens is 1. The summed E-state index contributed by atoms with van der Waals surface area (Å²) in [6, 6.07) is 9.34. The van der Waals surface area contributed by atoms with E-state index in [-0.39, 0.29) is 5.82 Å². The van der Waals surface area contributed by atoms with E-state index in [9.17, 15) is 4.39 Å². The highest BCUT2D eigenvalue weighted by Gasteiger charge is 2.18. The number of hydrazine groups is 1. The van der Waals surface area contributed by atoms with Gasteiger partial charge in [-0.1, -0.05) is 6.07 Å². The maximum atomic E-state index is 13.4. The van der Waals surface area contributed by atoms with Crippen LogP contribution in [0.3, 0.4) is 0 Å². The van der Waals surface area contributed by atoms with Crippen LogP contribution in [0.1, 0.15) is 17.3 Å². The first kappa shape index (κ1) is 12.5. The van der Waals surface area contributed by atoms with E-state index in [1.807, 2.05) is 12.1 Å². The first-order valence-corrected chi connectivity index (χ1v) is 5.46. The van der Waals surface area contributed by atoms with Gasteiger partial charge in [0.05, 0.1) is 18.8 Å². The fraction of sp³-hybridized carbons (Fsp3) is 0.154. The van der Waals surface area contributed by atoms with Crippen LogP contribution in [0.4, 0.5) is 4.39 Å². The molecule has 0 aliphatic heterocycles. The largest absolute Gasteiger partial charge is 0.496 e. The number of benzene rings is 1. The number of methoxy groups -OCH3 is 1. The Bertz CT molecular complexity index is 519. The van der Waals surface area contributed by atoms with Gasteiger partial charge in [0.25, 0.3) is 0 Å². The van der Waals surface area contributed by atoms with Gasteiger partial charge in [-0.25, -0.2) is 9.82 Å². The SMILES string of the molecule is COc1ccc(F)cc1C(NN)c1ccccn1. The fourth-order valence-electron chi connectivity index (χ4n) is 1.81. The van der Waals surface area contributed by atoms with Gasteiger partial charge in [-0.3, -0.25) is 10.8 Å². The maximum Gasteiger partial charge on any atom is 0.124 e. The second-order valence-electron chi connectivity index (χ2n) is 3.74. The van der Waals surface area contributed by atoms with Crippen LogP contribution in [-0.4, -0.2) is 12.1 Å². The van der Waals surface area contributed by atoms with E-state index in [1.54, 1.807) is 18.3 Å². The van der Waals surface area contributed by atoms with Gasteiger partial charge >= 0.3 is 0 Å². The Hall–Kier alpha value is -1.98. The maximum absolute atomic E-state index is 13.4. The summed E-state index contributed by atoms with van der Waals surface area (Å²) in [7, 11) is 1.53. The number of hydrogen-bond donors (Lipinski definition) is 2. The van der Waals surface area contributed by atoms with Gasteiger partial charge in [0.2, 0.25) is 0 Å². The minimum absolute atomic E-state index is 0.345. The fourth-order valence-corrected chi connectivity index (χ4v) is 1.81. The molecule has 0 aliphatic carbocycles. The topological polar surface area (TPSA) is 60.2 Å². The normalized spacial score (nSPS) is 12.2. The monoisotopic (exact) mass is 247 g/mol. The van der Waals surface area contributed by atoms with Crippen molar-refractivity contribution >= 4 is 0 Å². The van der Waals surface area contributed by atoms with E-state index >= 15 is 0 Å². The van der Waals surface area contributed by atoms with Crippen LogP contribution in [0.2, 0.25) is 0 Å². The van der Waals surface area contributed by atoms with Crippen LogP contribution in [0.15, 0.2) is 42.6 Å². The van der Waals surface area contributed by atoms with Crippen molar-refractivity contribution in [3.8, 4) is 5.75 Å². The average molecular weight is 247 g/mol. The van der Waals surface area contributed by atoms with Gasteiger partial charge in [0.1, 0.15) is 11.6 Å². The molecule has 0 bridgehead atoms. The number of halogens is 1. The Morgan fingerprint density at radius 2 is 2.17 bits per heavy atom. The predicted octanol–water partition coefficient (Wildman–Crippen LogP) is 1.78. The number of hydrogen-bond acceptors (Lipinski definition) is 4. The Morgan fingerprint density at radius 1 is 1.33 bits per heavy atom. The predicted molar refractivity (Wildman–Crippen MR) is 66.4 cm³/mol. The standard InChI is InChI=1S/C13H14FN3O/c1-18-12-6-5-9(14)8-10(12)13(17-15)11-4-2-3-7-16-11/h2-8,13,17H,15H2,1H3. The zero-order valence-electron chi connectivity index (χ0n) is 9.93. The van der Waals surface area contributed by atoms with E-state index in [0.29, 0.717) is 17.0 Å². The Labute approximate surface area is 105 Å². The van der Waals surface area contributed by atoms with E-state index in [2.05, 4.69) is 10.4 Å². The third kappa shape index (κ3) is 2.47. The van der Waals surface area contributed by atoms with Gasteiger partial charge in [-0.2, -0.15) is 0 Å². The molecule has 0 amide bonds. The molecule has 0 radical (unpaired) electrons. The van der Waals surface area contributed by atoms with Gasteiger partial charge in [-0.05, 0) is 30.3 Å². The molecule has 2 rings (SSSR count). The number of rotatable bonds is 4. The third-order valence-electron chi connectivity index (χ3n) is 2.65. The highest BCUT2D eigenvalue weighted by Crippen LogP contribution is 2.29. The average Bonchev–Trinajstić information content (AvgIpc) is 2.41. The Balaban J connectivity index is 2.48. The van der Waals surface area contributed by atoms with Crippen molar-refractivity contribution in [2.45, 2.75) is 6.04 Å². The number of nitrogens with two attached hydrogens (primary N) is 1. The lowest BCUT2D eigenvalue weighted by atomic mass is 10.0. The van der Waals surface area contributed by atoms with E-state index in [1.165, 1.54) is 19.2 Å². The number of nitrogens with one attached hydrogen (secondary N) is 1. The summed E-state index contributed by atoms with van der Waals surface area (Å²) in [6.45, 7) is 0. The zero-order chi connectivity index (χ0) is 13.0. The van der Waals surface area contributed by atoms with Crippen molar-refractivity contribution in [2.75, 3.05) is 7.11 Å². The summed E-state index contributed by atoms with van der Waals surface area (Å²) in [5, 5.41) is 0. The van der Waals surface area contributed by atoms with Crippen molar-refractivity contribution in [3.63, 3.8) is 0 Å². The van der Waals surface area contributed by atoms with Crippen LogP contribution < -0.4 is 16.0 Å². The molecule has 1 heterocycles. The molecule has 5 heteroatoms. The Morgan fingerprint density at radius 3 is 2.78 bits per heavy atom. The molecule has 1 aromatic heterocycles. The molecule has 0 saturated carbocycles. The summed E-state index contributed by atoms with van der Waals surface area (Å²) in [6.07, 6.45) is 1.66. The second kappa shape index (κ2) is 5.57. The van der Waals surface area contributed by atoms with Crippen LogP contribution in [0.25, 0.3) is 0 Å². The highest BCUT2D eigenvalue weighted by atomic mass is 19.1. The number of ether oxygens (including phenoxy) is 1. The van der Waals surface area contributed by atoms with Crippen molar-refractivity contribution in [1.82, 2.24) is 10.4 Å². The molecule has 0 spiro atoms. The molecule has 4 nitrogen and oxygen atoms in total. The van der Waals surface area contributed by atoms with Crippen molar-refractivity contribution in [3.05, 3.63) is 59.7 Å². The van der Waals surface area contributed by atoms with E-state index < -0.39 is 6.04 Å². The van der Waals surface area contributed by atoms with Crippen LogP contribution in [0.5, 0.6) is 5.75 Å². The summed E-state index contributed by atoms with van der Waals surface area (Å²) in [5.41, 5.74) is 3.94. The number of nitrogens with zero attached hydrogens (tertiary/aromatic N) is 1. The molecule has 1 aromatic carbocycles. The lowest BCUT2D eigenvalue weighted by molar-refractivity contribution is 0.402. The molecule has 94 valence electrons. The van der Waals surface area contributed by atoms with Crippen molar-refractivity contribution < 1.29 is 9.13 Å². The first-order valence-electron chi connectivity index (χ1n) is 5.46.